The zero-order chi connectivity index (χ0) is 26.7. The van der Waals surface area contributed by atoms with Crippen molar-refractivity contribution < 1.29 is 4.79 Å². The summed E-state index contributed by atoms with van der Waals surface area (Å²) in [5.74, 6) is -0.0177. The molecule has 0 fully saturated rings. The van der Waals surface area contributed by atoms with E-state index in [-0.39, 0.29) is 11.9 Å². The van der Waals surface area contributed by atoms with Gasteiger partial charge in [-0.05, 0) is 72.1 Å². The fourth-order valence-corrected chi connectivity index (χ4v) is 4.63. The van der Waals surface area contributed by atoms with Gasteiger partial charge in [-0.25, -0.2) is 0 Å². The first-order valence-electron chi connectivity index (χ1n) is 13.1. The van der Waals surface area contributed by atoms with Crippen molar-refractivity contribution in [2.75, 3.05) is 10.6 Å². The Morgan fingerprint density at radius 1 is 0.816 bits per heavy atom. The van der Waals surface area contributed by atoms with Crippen molar-refractivity contribution >= 4 is 40.5 Å². The number of anilines is 2. The summed E-state index contributed by atoms with van der Waals surface area (Å²) in [6.45, 7) is 3.26. The molecule has 1 amide bonds. The molecule has 4 aromatic rings. The molecule has 38 heavy (non-hydrogen) atoms. The van der Waals surface area contributed by atoms with Crippen LogP contribution in [0, 0.1) is 0 Å². The molecule has 3 aromatic carbocycles. The standard InChI is InChI=1S/C31H34Cl2N4O/c1-2-3-4-10-30(31(38)35-21-23-11-13-25(32)14-12-23)36-28-18-27(19-29(20-28)37-15-5-6-16-37)34-22-24-8-7-9-26(33)17-24/h5-9,11-20,30,34,36H,2-4,10,21-22H2,1H3,(H,35,38). The third-order valence-corrected chi connectivity index (χ3v) is 6.83. The van der Waals surface area contributed by atoms with Gasteiger partial charge in [0.05, 0.1) is 0 Å². The van der Waals surface area contributed by atoms with E-state index in [0.29, 0.717) is 23.1 Å². The van der Waals surface area contributed by atoms with E-state index in [9.17, 15) is 4.79 Å². The van der Waals surface area contributed by atoms with Crippen LogP contribution in [0.15, 0.2) is 91.3 Å². The fraction of sp³-hybridized carbons (Fsp3) is 0.258. The van der Waals surface area contributed by atoms with Gasteiger partial charge in [-0.3, -0.25) is 4.79 Å². The molecular weight excluding hydrogens is 515 g/mol. The highest BCUT2D eigenvalue weighted by Crippen LogP contribution is 2.25. The normalized spacial score (nSPS) is 11.7. The first-order valence-corrected chi connectivity index (χ1v) is 13.8. The number of aromatic nitrogens is 1. The predicted molar refractivity (Wildman–Crippen MR) is 159 cm³/mol. The Balaban J connectivity index is 1.52. The SMILES string of the molecule is CCCCCC(Nc1cc(NCc2cccc(Cl)c2)cc(-n2cccc2)c1)C(=O)NCc1ccc(Cl)cc1. The summed E-state index contributed by atoms with van der Waals surface area (Å²) in [5, 5.41) is 11.5. The van der Waals surface area contributed by atoms with E-state index in [2.05, 4.69) is 45.6 Å². The van der Waals surface area contributed by atoms with Crippen LogP contribution in [-0.2, 0) is 17.9 Å². The molecule has 0 radical (unpaired) electrons. The molecule has 1 unspecified atom stereocenters. The Kier molecular flexibility index (Phi) is 10.1. The lowest BCUT2D eigenvalue weighted by molar-refractivity contribution is -0.122. The van der Waals surface area contributed by atoms with Crippen molar-refractivity contribution in [1.82, 2.24) is 9.88 Å². The minimum Gasteiger partial charge on any atom is -0.381 e. The third kappa shape index (κ3) is 8.30. The highest BCUT2D eigenvalue weighted by Gasteiger charge is 2.18. The maximum Gasteiger partial charge on any atom is 0.242 e. The van der Waals surface area contributed by atoms with E-state index in [1.54, 1.807) is 0 Å². The zero-order valence-corrected chi connectivity index (χ0v) is 23.1. The van der Waals surface area contributed by atoms with Crippen molar-refractivity contribution in [2.24, 2.45) is 0 Å². The van der Waals surface area contributed by atoms with Crippen LogP contribution in [0.25, 0.3) is 5.69 Å². The molecule has 5 nitrogen and oxygen atoms in total. The molecule has 3 N–H and O–H groups in total. The van der Waals surface area contributed by atoms with Gasteiger partial charge in [0, 0.05) is 52.6 Å². The second-order valence-corrected chi connectivity index (χ2v) is 10.3. The maximum atomic E-state index is 13.3. The van der Waals surface area contributed by atoms with E-state index in [1.807, 2.05) is 73.1 Å². The summed E-state index contributed by atoms with van der Waals surface area (Å²) in [5.41, 5.74) is 4.94. The van der Waals surface area contributed by atoms with Crippen LogP contribution in [-0.4, -0.2) is 16.5 Å². The number of carbonyl (C=O) groups excluding carboxylic acids is 1. The molecule has 0 spiro atoms. The molecule has 0 saturated carbocycles. The van der Waals surface area contributed by atoms with Crippen molar-refractivity contribution in [1.29, 1.82) is 0 Å². The van der Waals surface area contributed by atoms with E-state index >= 15 is 0 Å². The predicted octanol–water partition coefficient (Wildman–Crippen LogP) is 8.07. The van der Waals surface area contributed by atoms with Crippen LogP contribution in [0.1, 0.15) is 43.7 Å². The molecular formula is C31H34Cl2N4O. The van der Waals surface area contributed by atoms with Gasteiger partial charge in [0.1, 0.15) is 6.04 Å². The molecule has 0 saturated heterocycles. The quantitative estimate of drug-likeness (QED) is 0.148. The van der Waals surface area contributed by atoms with Gasteiger partial charge >= 0.3 is 0 Å². The summed E-state index contributed by atoms with van der Waals surface area (Å²) in [4.78, 5) is 13.3. The second-order valence-electron chi connectivity index (χ2n) is 9.38. The van der Waals surface area contributed by atoms with Crippen LogP contribution < -0.4 is 16.0 Å². The number of hydrogen-bond acceptors (Lipinski definition) is 3. The van der Waals surface area contributed by atoms with Gasteiger partial charge in [-0.2, -0.15) is 0 Å². The lowest BCUT2D eigenvalue weighted by atomic mass is 10.1. The second kappa shape index (κ2) is 13.9. The molecule has 198 valence electrons. The van der Waals surface area contributed by atoms with E-state index < -0.39 is 0 Å². The largest absolute Gasteiger partial charge is 0.381 e. The molecule has 1 aromatic heterocycles. The number of nitrogens with one attached hydrogen (secondary N) is 3. The summed E-state index contributed by atoms with van der Waals surface area (Å²) in [6, 6.07) is 25.2. The van der Waals surface area contributed by atoms with E-state index in [1.165, 1.54) is 0 Å². The molecule has 0 aliphatic rings. The summed E-state index contributed by atoms with van der Waals surface area (Å²) in [6.07, 6.45) is 7.92. The van der Waals surface area contributed by atoms with Gasteiger partial charge in [-0.1, -0.05) is 73.7 Å². The van der Waals surface area contributed by atoms with Gasteiger partial charge in [0.15, 0.2) is 0 Å². The van der Waals surface area contributed by atoms with Crippen LogP contribution in [0.5, 0.6) is 0 Å². The van der Waals surface area contributed by atoms with Crippen LogP contribution >= 0.6 is 23.2 Å². The number of carbonyl (C=O) groups is 1. The number of amides is 1. The monoisotopic (exact) mass is 548 g/mol. The molecule has 7 heteroatoms. The minimum absolute atomic E-state index is 0.0177. The molecule has 0 aliphatic carbocycles. The van der Waals surface area contributed by atoms with Gasteiger partial charge < -0.3 is 20.5 Å². The number of benzene rings is 3. The number of rotatable bonds is 13. The van der Waals surface area contributed by atoms with Gasteiger partial charge in [0.2, 0.25) is 5.91 Å². The maximum absolute atomic E-state index is 13.3. The van der Waals surface area contributed by atoms with Crippen molar-refractivity contribution in [3.05, 3.63) is 112 Å². The average Bonchev–Trinajstić information content (AvgIpc) is 3.46. The van der Waals surface area contributed by atoms with Crippen molar-refractivity contribution in [3.63, 3.8) is 0 Å². The molecule has 0 aliphatic heterocycles. The van der Waals surface area contributed by atoms with Crippen molar-refractivity contribution in [3.8, 4) is 5.69 Å². The Bertz CT molecular complexity index is 1310. The van der Waals surface area contributed by atoms with Crippen LogP contribution in [0.3, 0.4) is 0 Å². The number of halogens is 2. The van der Waals surface area contributed by atoms with Crippen molar-refractivity contribution in [2.45, 2.75) is 51.7 Å². The number of hydrogen-bond donors (Lipinski definition) is 3. The Labute approximate surface area is 235 Å². The van der Waals surface area contributed by atoms with E-state index in [4.69, 9.17) is 23.2 Å². The van der Waals surface area contributed by atoms with Crippen LogP contribution in [0.4, 0.5) is 11.4 Å². The number of nitrogens with zero attached hydrogens (tertiary/aromatic N) is 1. The third-order valence-electron chi connectivity index (χ3n) is 6.34. The van der Waals surface area contributed by atoms with E-state index in [0.717, 1.165) is 53.9 Å². The highest BCUT2D eigenvalue weighted by atomic mass is 35.5. The Morgan fingerprint density at radius 3 is 2.32 bits per heavy atom. The zero-order valence-electron chi connectivity index (χ0n) is 21.6. The lowest BCUT2D eigenvalue weighted by Crippen LogP contribution is -2.39. The Hall–Kier alpha value is -3.41. The first kappa shape index (κ1) is 27.6. The molecule has 0 bridgehead atoms. The molecule has 1 heterocycles. The smallest absolute Gasteiger partial charge is 0.242 e. The lowest BCUT2D eigenvalue weighted by Gasteiger charge is -2.21. The summed E-state index contributed by atoms with van der Waals surface area (Å²) >= 11 is 12.2. The van der Waals surface area contributed by atoms with Gasteiger partial charge in [0.25, 0.3) is 0 Å². The molecule has 1 atom stereocenters. The average molecular weight is 550 g/mol. The Morgan fingerprint density at radius 2 is 1.58 bits per heavy atom. The summed E-state index contributed by atoms with van der Waals surface area (Å²) in [7, 11) is 0. The molecule has 4 rings (SSSR count). The topological polar surface area (TPSA) is 58.1 Å². The summed E-state index contributed by atoms with van der Waals surface area (Å²) < 4.78 is 2.06. The first-order chi connectivity index (χ1) is 18.5. The van der Waals surface area contributed by atoms with Crippen LogP contribution in [0.2, 0.25) is 10.0 Å². The van der Waals surface area contributed by atoms with Gasteiger partial charge in [-0.15, -0.1) is 0 Å². The minimum atomic E-state index is -0.352. The highest BCUT2D eigenvalue weighted by molar-refractivity contribution is 6.30. The fourth-order valence-electron chi connectivity index (χ4n) is 4.29. The number of unbranched alkanes of at least 4 members (excludes halogenated alkanes) is 2.